The molecule has 0 saturated carbocycles. The zero-order chi connectivity index (χ0) is 16.9. The second kappa shape index (κ2) is 7.75. The summed E-state index contributed by atoms with van der Waals surface area (Å²) in [4.78, 5) is 12.2. The van der Waals surface area contributed by atoms with E-state index >= 15 is 0 Å². The minimum atomic E-state index is -1.76. The molecule has 0 aromatic heterocycles. The fourth-order valence-corrected chi connectivity index (χ4v) is 5.30. The molecule has 4 heteroatoms. The number of hydrogen-bond donors (Lipinski definition) is 0. The average molecular weight is 389 g/mol. The van der Waals surface area contributed by atoms with Crippen molar-refractivity contribution in [3.63, 3.8) is 0 Å². The molecule has 120 valence electrons. The number of hydrogen-bond acceptors (Lipinski definition) is 2. The van der Waals surface area contributed by atoms with Crippen molar-refractivity contribution in [2.75, 3.05) is 7.11 Å². The van der Waals surface area contributed by atoms with Crippen molar-refractivity contribution in [1.82, 2.24) is 0 Å². The molecule has 0 aliphatic carbocycles. The Hall–Kier alpha value is -1.65. The number of esters is 1. The Balaban J connectivity index is 2.32. The van der Waals surface area contributed by atoms with Gasteiger partial charge >= 0.3 is 5.97 Å². The van der Waals surface area contributed by atoms with Gasteiger partial charge in [-0.25, -0.2) is 4.79 Å². The van der Waals surface area contributed by atoms with Crippen molar-refractivity contribution in [2.24, 2.45) is 0 Å². The summed E-state index contributed by atoms with van der Waals surface area (Å²) in [5, 5.41) is 1.34. The van der Waals surface area contributed by atoms with E-state index in [1.54, 1.807) is 0 Å². The van der Waals surface area contributed by atoms with Gasteiger partial charge in [0.05, 0.1) is 15.2 Å². The third-order valence-corrected chi connectivity index (χ3v) is 7.54. The first kappa shape index (κ1) is 17.7. The van der Waals surface area contributed by atoms with Gasteiger partial charge in [-0.05, 0) is 29.8 Å². The SMILES string of the molecule is COC(=O)/C(=C/c1ccc(Br)cc1)C[Si](C)(C)c1ccccc1. The van der Waals surface area contributed by atoms with Gasteiger partial charge in [0.1, 0.15) is 0 Å². The summed E-state index contributed by atoms with van der Waals surface area (Å²) in [5.41, 5.74) is 1.74. The molecule has 0 heterocycles. The topological polar surface area (TPSA) is 26.3 Å². The quantitative estimate of drug-likeness (QED) is 0.424. The van der Waals surface area contributed by atoms with Gasteiger partial charge in [0.15, 0.2) is 0 Å². The maximum atomic E-state index is 12.2. The zero-order valence-electron chi connectivity index (χ0n) is 13.7. The van der Waals surface area contributed by atoms with E-state index in [0.717, 1.165) is 21.7 Å². The van der Waals surface area contributed by atoms with Crippen LogP contribution in [-0.2, 0) is 9.53 Å². The molecule has 0 fully saturated rings. The average Bonchev–Trinajstić information content (AvgIpc) is 2.56. The van der Waals surface area contributed by atoms with Crippen molar-refractivity contribution < 1.29 is 9.53 Å². The lowest BCUT2D eigenvalue weighted by Crippen LogP contribution is -2.42. The molecule has 0 saturated heterocycles. The lowest BCUT2D eigenvalue weighted by Gasteiger charge is -2.23. The third-order valence-electron chi connectivity index (χ3n) is 3.85. The lowest BCUT2D eigenvalue weighted by atomic mass is 10.1. The molecule has 2 nitrogen and oxygen atoms in total. The molecule has 0 radical (unpaired) electrons. The van der Waals surface area contributed by atoms with Crippen LogP contribution in [0.3, 0.4) is 0 Å². The lowest BCUT2D eigenvalue weighted by molar-refractivity contribution is -0.135. The molecule has 2 rings (SSSR count). The van der Waals surface area contributed by atoms with Gasteiger partial charge in [-0.3, -0.25) is 0 Å². The van der Waals surface area contributed by atoms with Crippen LogP contribution in [0.5, 0.6) is 0 Å². The van der Waals surface area contributed by atoms with Crippen LogP contribution in [0.1, 0.15) is 5.56 Å². The van der Waals surface area contributed by atoms with E-state index in [1.807, 2.05) is 36.4 Å². The Labute approximate surface area is 147 Å². The number of rotatable bonds is 5. The van der Waals surface area contributed by atoms with E-state index in [-0.39, 0.29) is 5.97 Å². The highest BCUT2D eigenvalue weighted by molar-refractivity contribution is 9.10. The summed E-state index contributed by atoms with van der Waals surface area (Å²) in [5.74, 6) is -0.246. The maximum absolute atomic E-state index is 12.2. The number of benzene rings is 2. The first-order valence-electron chi connectivity index (χ1n) is 7.52. The highest BCUT2D eigenvalue weighted by Gasteiger charge is 2.27. The van der Waals surface area contributed by atoms with Gasteiger partial charge in [-0.1, -0.05) is 76.7 Å². The molecule has 0 aliphatic rings. The van der Waals surface area contributed by atoms with Crippen LogP contribution in [0.15, 0.2) is 64.6 Å². The van der Waals surface area contributed by atoms with Crippen LogP contribution in [0.25, 0.3) is 6.08 Å². The summed E-state index contributed by atoms with van der Waals surface area (Å²) in [6.45, 7) is 4.56. The molecule has 0 bridgehead atoms. The van der Waals surface area contributed by atoms with E-state index in [9.17, 15) is 4.79 Å². The molecule has 0 atom stereocenters. The zero-order valence-corrected chi connectivity index (χ0v) is 16.3. The number of ether oxygens (including phenoxy) is 1. The van der Waals surface area contributed by atoms with E-state index in [0.29, 0.717) is 0 Å². The van der Waals surface area contributed by atoms with Crippen molar-refractivity contribution in [1.29, 1.82) is 0 Å². The van der Waals surface area contributed by atoms with Gasteiger partial charge in [-0.15, -0.1) is 0 Å². The Morgan fingerprint density at radius 2 is 1.70 bits per heavy atom. The number of methoxy groups -OCH3 is 1. The smallest absolute Gasteiger partial charge is 0.333 e. The highest BCUT2D eigenvalue weighted by Crippen LogP contribution is 2.21. The monoisotopic (exact) mass is 388 g/mol. The van der Waals surface area contributed by atoms with Crippen LogP contribution in [0.4, 0.5) is 0 Å². The molecule has 0 amide bonds. The first-order valence-corrected chi connectivity index (χ1v) is 11.5. The standard InChI is InChI=1S/C19H21BrO2Si/c1-22-19(21)16(13-15-9-11-17(20)12-10-15)14-23(2,3)18-7-5-4-6-8-18/h4-13H,14H2,1-3H3/b16-13+. The predicted molar refractivity (Wildman–Crippen MR) is 103 cm³/mol. The maximum Gasteiger partial charge on any atom is 0.333 e. The minimum absolute atomic E-state index is 0.246. The van der Waals surface area contributed by atoms with Gasteiger partial charge in [0, 0.05) is 10.0 Å². The second-order valence-corrected chi connectivity index (χ2v) is 11.8. The van der Waals surface area contributed by atoms with E-state index in [4.69, 9.17) is 4.74 Å². The van der Waals surface area contributed by atoms with Crippen molar-refractivity contribution >= 4 is 41.2 Å². The number of halogens is 1. The molecular weight excluding hydrogens is 368 g/mol. The Morgan fingerprint density at radius 1 is 1.09 bits per heavy atom. The Morgan fingerprint density at radius 3 is 2.26 bits per heavy atom. The minimum Gasteiger partial charge on any atom is -0.466 e. The first-order chi connectivity index (χ1) is 10.9. The van der Waals surface area contributed by atoms with Crippen LogP contribution in [-0.4, -0.2) is 21.2 Å². The van der Waals surface area contributed by atoms with Gasteiger partial charge in [0.25, 0.3) is 0 Å². The largest absolute Gasteiger partial charge is 0.466 e. The second-order valence-electron chi connectivity index (χ2n) is 6.14. The molecule has 0 spiro atoms. The van der Waals surface area contributed by atoms with Crippen molar-refractivity contribution in [2.45, 2.75) is 19.1 Å². The van der Waals surface area contributed by atoms with E-state index in [2.05, 4.69) is 53.3 Å². The third kappa shape index (κ3) is 4.91. The molecule has 2 aromatic carbocycles. The summed E-state index contributed by atoms with van der Waals surface area (Å²) < 4.78 is 6.02. The van der Waals surface area contributed by atoms with E-state index < -0.39 is 8.07 Å². The van der Waals surface area contributed by atoms with Gasteiger partial charge in [0.2, 0.25) is 0 Å². The number of carbonyl (C=O) groups excluding carboxylic acids is 1. The molecular formula is C19H21BrO2Si. The normalized spacial score (nSPS) is 12.1. The molecule has 23 heavy (non-hydrogen) atoms. The van der Waals surface area contributed by atoms with Crippen LogP contribution >= 0.6 is 15.9 Å². The van der Waals surface area contributed by atoms with E-state index in [1.165, 1.54) is 12.3 Å². The van der Waals surface area contributed by atoms with Crippen LogP contribution in [0, 0.1) is 0 Å². The summed E-state index contributed by atoms with van der Waals surface area (Å²) in [7, 11) is -0.325. The molecule has 0 N–H and O–H groups in total. The number of carbonyl (C=O) groups is 1. The Bertz CT molecular complexity index is 691. The van der Waals surface area contributed by atoms with Crippen molar-refractivity contribution in [3.05, 3.63) is 70.2 Å². The summed E-state index contributed by atoms with van der Waals surface area (Å²) in [6, 6.07) is 19.1. The summed E-state index contributed by atoms with van der Waals surface area (Å²) in [6.07, 6.45) is 1.94. The Kier molecular flexibility index (Phi) is 5.96. The van der Waals surface area contributed by atoms with Crippen molar-refractivity contribution in [3.8, 4) is 0 Å². The fourth-order valence-electron chi connectivity index (χ4n) is 2.54. The highest BCUT2D eigenvalue weighted by atomic mass is 79.9. The van der Waals surface area contributed by atoms with Gasteiger partial charge < -0.3 is 4.74 Å². The fraction of sp³-hybridized carbons (Fsp3) is 0.211. The molecule has 0 aliphatic heterocycles. The summed E-state index contributed by atoms with van der Waals surface area (Å²) >= 11 is 3.43. The van der Waals surface area contributed by atoms with Crippen LogP contribution < -0.4 is 5.19 Å². The molecule has 2 aromatic rings. The van der Waals surface area contributed by atoms with Crippen LogP contribution in [0.2, 0.25) is 19.1 Å². The molecule has 0 unspecified atom stereocenters. The van der Waals surface area contributed by atoms with Gasteiger partial charge in [-0.2, -0.15) is 0 Å². The predicted octanol–water partition coefficient (Wildman–Crippen LogP) is 4.62.